The molecule has 2 amide bonds. The predicted octanol–water partition coefficient (Wildman–Crippen LogP) is 4.10. The summed E-state index contributed by atoms with van der Waals surface area (Å²) >= 11 is 1.39. The fourth-order valence-electron chi connectivity index (χ4n) is 4.03. The molecule has 0 aliphatic carbocycles. The van der Waals surface area contributed by atoms with Crippen LogP contribution in [0.1, 0.15) is 34.6 Å². The number of hydrogen-bond donors (Lipinski definition) is 2. The zero-order chi connectivity index (χ0) is 27.8. The van der Waals surface area contributed by atoms with Gasteiger partial charge in [-0.2, -0.15) is 4.98 Å². The fraction of sp³-hybridized carbons (Fsp3) is 0.357. The SMILES string of the molecule is CCN(C[C@@H](O)[C@H](Cc1ccccc1)NC(=O)OCc1cncs1)C(=O)c1ccc2nc(N(C)CC)oc2c1. The third-order valence-electron chi connectivity index (χ3n) is 6.40. The second-order valence-electron chi connectivity index (χ2n) is 9.09. The lowest BCUT2D eigenvalue weighted by Crippen LogP contribution is -2.50. The number of fused-ring (bicyclic) bond motifs is 1. The van der Waals surface area contributed by atoms with Crippen molar-refractivity contribution < 1.29 is 23.8 Å². The van der Waals surface area contributed by atoms with Gasteiger partial charge in [-0.15, -0.1) is 11.3 Å². The number of carbonyl (C=O) groups is 2. The van der Waals surface area contributed by atoms with Crippen molar-refractivity contribution in [2.75, 3.05) is 31.6 Å². The molecule has 4 aromatic rings. The highest BCUT2D eigenvalue weighted by molar-refractivity contribution is 7.09. The maximum atomic E-state index is 13.4. The summed E-state index contributed by atoms with van der Waals surface area (Å²) in [6, 6.07) is 14.5. The van der Waals surface area contributed by atoms with E-state index in [4.69, 9.17) is 9.15 Å². The molecule has 0 aliphatic heterocycles. The smallest absolute Gasteiger partial charge is 0.407 e. The zero-order valence-electron chi connectivity index (χ0n) is 22.2. The quantitative estimate of drug-likeness (QED) is 0.270. The molecule has 4 rings (SSSR count). The summed E-state index contributed by atoms with van der Waals surface area (Å²) in [6.45, 7) is 5.04. The minimum Gasteiger partial charge on any atom is -0.444 e. The topological polar surface area (TPSA) is 121 Å². The number of thiazole rings is 1. The average molecular weight is 552 g/mol. The number of carbonyl (C=O) groups excluding carboxylic acids is 2. The van der Waals surface area contributed by atoms with Gasteiger partial charge in [0, 0.05) is 38.4 Å². The number of anilines is 1. The normalized spacial score (nSPS) is 12.6. The number of benzene rings is 2. The van der Waals surface area contributed by atoms with Crippen LogP contribution in [-0.4, -0.2) is 70.8 Å². The maximum absolute atomic E-state index is 13.4. The van der Waals surface area contributed by atoms with Gasteiger partial charge in [0.2, 0.25) is 0 Å². The molecule has 0 spiro atoms. The third kappa shape index (κ3) is 7.33. The first kappa shape index (κ1) is 28.1. The molecular formula is C28H33N5O5S. The number of oxazole rings is 1. The van der Waals surface area contributed by atoms with Gasteiger partial charge in [0.05, 0.1) is 22.5 Å². The first-order valence-corrected chi connectivity index (χ1v) is 13.7. The van der Waals surface area contributed by atoms with Gasteiger partial charge < -0.3 is 29.4 Å². The van der Waals surface area contributed by atoms with Crippen LogP contribution in [0, 0.1) is 0 Å². The van der Waals surface area contributed by atoms with Gasteiger partial charge in [0.1, 0.15) is 12.1 Å². The lowest BCUT2D eigenvalue weighted by Gasteiger charge is -2.29. The van der Waals surface area contributed by atoms with E-state index in [2.05, 4.69) is 15.3 Å². The van der Waals surface area contributed by atoms with Crippen LogP contribution >= 0.6 is 11.3 Å². The Labute approximate surface area is 231 Å². The van der Waals surface area contributed by atoms with E-state index in [-0.39, 0.29) is 19.1 Å². The van der Waals surface area contributed by atoms with Crippen LogP contribution in [0.15, 0.2) is 64.7 Å². The van der Waals surface area contributed by atoms with E-state index in [0.29, 0.717) is 35.6 Å². The summed E-state index contributed by atoms with van der Waals surface area (Å²) in [5.74, 6) is -0.258. The van der Waals surface area contributed by atoms with Gasteiger partial charge in [-0.3, -0.25) is 9.78 Å². The van der Waals surface area contributed by atoms with E-state index in [1.54, 1.807) is 34.8 Å². The molecule has 11 heteroatoms. The Balaban J connectivity index is 1.46. The lowest BCUT2D eigenvalue weighted by molar-refractivity contribution is 0.0534. The number of ether oxygens (including phenoxy) is 1. The zero-order valence-corrected chi connectivity index (χ0v) is 23.1. The van der Waals surface area contributed by atoms with Crippen molar-refractivity contribution in [2.24, 2.45) is 0 Å². The highest BCUT2D eigenvalue weighted by Crippen LogP contribution is 2.23. The molecule has 0 saturated heterocycles. The van der Waals surface area contributed by atoms with Crippen LogP contribution in [0.25, 0.3) is 11.1 Å². The summed E-state index contributed by atoms with van der Waals surface area (Å²) in [5, 5.41) is 14.0. The standard InChI is InChI=1S/C28H33N5O5S/c1-4-32(3)27-30-22-12-11-20(14-25(22)38-27)26(35)33(5-2)16-24(34)23(13-19-9-7-6-8-10-19)31-28(36)37-17-21-15-29-18-39-21/h6-12,14-15,18,23-24,34H,4-5,13,16-17H2,1-3H3,(H,31,36)/t23-,24+/m0/s1. The second-order valence-corrected chi connectivity index (χ2v) is 10.1. The van der Waals surface area contributed by atoms with E-state index in [0.717, 1.165) is 17.0 Å². The molecule has 0 fully saturated rings. The number of nitrogens with one attached hydrogen (secondary N) is 1. The van der Waals surface area contributed by atoms with Gasteiger partial charge in [-0.25, -0.2) is 4.79 Å². The summed E-state index contributed by atoms with van der Waals surface area (Å²) in [4.78, 5) is 38.7. The minimum atomic E-state index is -1.05. The summed E-state index contributed by atoms with van der Waals surface area (Å²) in [5.41, 5.74) is 4.20. The highest BCUT2D eigenvalue weighted by atomic mass is 32.1. The molecule has 2 aromatic carbocycles. The van der Waals surface area contributed by atoms with Gasteiger partial charge in [-0.05, 0) is 44.0 Å². The van der Waals surface area contributed by atoms with Crippen LogP contribution in [0.4, 0.5) is 10.8 Å². The lowest BCUT2D eigenvalue weighted by atomic mass is 10.0. The fourth-order valence-corrected chi connectivity index (χ4v) is 4.54. The Bertz CT molecular complexity index is 1360. The van der Waals surface area contributed by atoms with Crippen molar-refractivity contribution >= 4 is 40.5 Å². The van der Waals surface area contributed by atoms with Crippen LogP contribution in [0.2, 0.25) is 0 Å². The number of amides is 2. The van der Waals surface area contributed by atoms with Crippen molar-refractivity contribution in [3.63, 3.8) is 0 Å². The van der Waals surface area contributed by atoms with E-state index in [9.17, 15) is 14.7 Å². The Morgan fingerprint density at radius 1 is 1.15 bits per heavy atom. The molecule has 0 radical (unpaired) electrons. The summed E-state index contributed by atoms with van der Waals surface area (Å²) < 4.78 is 11.2. The number of hydrogen-bond acceptors (Lipinski definition) is 9. The molecule has 2 N–H and O–H groups in total. The van der Waals surface area contributed by atoms with E-state index < -0.39 is 18.2 Å². The molecule has 0 saturated carbocycles. The Morgan fingerprint density at radius 3 is 2.64 bits per heavy atom. The van der Waals surface area contributed by atoms with Crippen LogP contribution < -0.4 is 10.2 Å². The van der Waals surface area contributed by atoms with Crippen molar-refractivity contribution in [1.82, 2.24) is 20.2 Å². The van der Waals surface area contributed by atoms with Crippen molar-refractivity contribution in [1.29, 1.82) is 0 Å². The van der Waals surface area contributed by atoms with Gasteiger partial charge in [0.15, 0.2) is 5.58 Å². The molecule has 206 valence electrons. The molecular weight excluding hydrogens is 518 g/mol. The van der Waals surface area contributed by atoms with Crippen molar-refractivity contribution in [2.45, 2.75) is 39.0 Å². The number of aliphatic hydroxyl groups excluding tert-OH is 1. The third-order valence-corrected chi connectivity index (χ3v) is 7.15. The number of alkyl carbamates (subject to hydrolysis) is 1. The predicted molar refractivity (Wildman–Crippen MR) is 150 cm³/mol. The molecule has 2 aromatic heterocycles. The minimum absolute atomic E-state index is 0.0141. The van der Waals surface area contributed by atoms with Gasteiger partial charge >= 0.3 is 6.09 Å². The highest BCUT2D eigenvalue weighted by Gasteiger charge is 2.27. The van der Waals surface area contributed by atoms with E-state index in [1.807, 2.05) is 56.1 Å². The summed E-state index contributed by atoms with van der Waals surface area (Å²) in [7, 11) is 1.88. The monoisotopic (exact) mass is 551 g/mol. The van der Waals surface area contributed by atoms with Crippen molar-refractivity contribution in [3.8, 4) is 0 Å². The summed E-state index contributed by atoms with van der Waals surface area (Å²) in [6.07, 6.45) is 0.296. The second kappa shape index (κ2) is 13.2. The number of rotatable bonds is 12. The Kier molecular flexibility index (Phi) is 9.50. The molecule has 0 unspecified atom stereocenters. The maximum Gasteiger partial charge on any atom is 0.407 e. The molecule has 0 aliphatic rings. The van der Waals surface area contributed by atoms with Crippen LogP contribution in [0.3, 0.4) is 0 Å². The van der Waals surface area contributed by atoms with Crippen LogP contribution in [0.5, 0.6) is 0 Å². The average Bonchev–Trinajstić information content (AvgIpc) is 3.64. The molecule has 10 nitrogen and oxygen atoms in total. The molecule has 2 heterocycles. The molecule has 0 bridgehead atoms. The van der Waals surface area contributed by atoms with Gasteiger partial charge in [0.25, 0.3) is 11.9 Å². The van der Waals surface area contributed by atoms with E-state index in [1.165, 1.54) is 11.3 Å². The largest absolute Gasteiger partial charge is 0.444 e. The van der Waals surface area contributed by atoms with Gasteiger partial charge in [-0.1, -0.05) is 30.3 Å². The Hall–Kier alpha value is -3.96. The van der Waals surface area contributed by atoms with E-state index >= 15 is 0 Å². The number of nitrogens with zero attached hydrogens (tertiary/aromatic N) is 4. The van der Waals surface area contributed by atoms with Crippen molar-refractivity contribution in [3.05, 3.63) is 76.2 Å². The Morgan fingerprint density at radius 2 is 1.95 bits per heavy atom. The number of aromatic nitrogens is 2. The molecule has 2 atom stereocenters. The number of likely N-dealkylation sites (N-methyl/N-ethyl adjacent to an activating group) is 1. The molecule has 39 heavy (non-hydrogen) atoms. The first-order chi connectivity index (χ1) is 18.9. The first-order valence-electron chi connectivity index (χ1n) is 12.8. The van der Waals surface area contributed by atoms with Crippen LogP contribution in [-0.2, 0) is 17.8 Å². The number of aliphatic hydroxyl groups is 1.